The largest absolute Gasteiger partial charge is 0.390 e. The molecule has 3 atom stereocenters. The Labute approximate surface area is 58.4 Å². The zero-order valence-electron chi connectivity index (χ0n) is 5.80. The molecule has 1 fully saturated rings. The topological polar surface area (TPSA) is 23.5 Å². The average Bonchev–Trinajstić information content (AvgIpc) is 1.93. The summed E-state index contributed by atoms with van der Waals surface area (Å²) in [6.07, 6.45) is -4.17. The standard InChI is InChI=1S/C6H11F2NO/c1-9-3-2-4(10)5(7)6(9)8/h4-6,10H,2-3H2,1H3. The van der Waals surface area contributed by atoms with Gasteiger partial charge < -0.3 is 5.11 Å². The van der Waals surface area contributed by atoms with Gasteiger partial charge in [0.05, 0.1) is 6.10 Å². The summed E-state index contributed by atoms with van der Waals surface area (Å²) in [6.45, 7) is 0.419. The van der Waals surface area contributed by atoms with Gasteiger partial charge in [-0.15, -0.1) is 0 Å². The fraction of sp³-hybridized carbons (Fsp3) is 1.00. The first-order chi connectivity index (χ1) is 4.63. The monoisotopic (exact) mass is 151 g/mol. The number of rotatable bonds is 0. The van der Waals surface area contributed by atoms with Crippen LogP contribution in [-0.4, -0.2) is 42.2 Å². The molecule has 10 heavy (non-hydrogen) atoms. The molecule has 0 aromatic heterocycles. The predicted octanol–water partition coefficient (Wildman–Crippen LogP) is 0.316. The molecule has 1 rings (SSSR count). The van der Waals surface area contributed by atoms with Gasteiger partial charge >= 0.3 is 0 Å². The van der Waals surface area contributed by atoms with Crippen molar-refractivity contribution >= 4 is 0 Å². The van der Waals surface area contributed by atoms with Gasteiger partial charge in [-0.2, -0.15) is 0 Å². The van der Waals surface area contributed by atoms with Crippen molar-refractivity contribution in [2.24, 2.45) is 0 Å². The minimum atomic E-state index is -1.74. The van der Waals surface area contributed by atoms with E-state index in [1.54, 1.807) is 0 Å². The first kappa shape index (κ1) is 7.88. The number of hydrogen-bond donors (Lipinski definition) is 1. The van der Waals surface area contributed by atoms with Crippen LogP contribution in [0.1, 0.15) is 6.42 Å². The quantitative estimate of drug-likeness (QED) is 0.504. The highest BCUT2D eigenvalue weighted by molar-refractivity contribution is 4.81. The first-order valence-electron chi connectivity index (χ1n) is 3.29. The number of aliphatic hydroxyl groups excluding tert-OH is 1. The highest BCUT2D eigenvalue weighted by Gasteiger charge is 2.35. The minimum Gasteiger partial charge on any atom is -0.390 e. The number of hydrogen-bond acceptors (Lipinski definition) is 2. The lowest BCUT2D eigenvalue weighted by atomic mass is 10.1. The van der Waals surface area contributed by atoms with E-state index in [9.17, 15) is 8.78 Å². The van der Waals surface area contributed by atoms with E-state index in [2.05, 4.69) is 0 Å². The van der Waals surface area contributed by atoms with E-state index >= 15 is 0 Å². The van der Waals surface area contributed by atoms with Crippen molar-refractivity contribution in [1.29, 1.82) is 0 Å². The summed E-state index contributed by atoms with van der Waals surface area (Å²) in [6, 6.07) is 0. The van der Waals surface area contributed by atoms with Gasteiger partial charge in [-0.1, -0.05) is 0 Å². The highest BCUT2D eigenvalue weighted by atomic mass is 19.2. The van der Waals surface area contributed by atoms with Crippen LogP contribution in [0, 0.1) is 0 Å². The van der Waals surface area contributed by atoms with Crippen LogP contribution in [0.2, 0.25) is 0 Å². The summed E-state index contributed by atoms with van der Waals surface area (Å²) < 4.78 is 25.2. The van der Waals surface area contributed by atoms with Gasteiger partial charge in [0, 0.05) is 6.54 Å². The first-order valence-corrected chi connectivity index (χ1v) is 3.29. The summed E-state index contributed by atoms with van der Waals surface area (Å²) in [4.78, 5) is 1.26. The molecule has 1 aliphatic heterocycles. The van der Waals surface area contributed by atoms with Crippen molar-refractivity contribution in [2.45, 2.75) is 25.0 Å². The molecule has 60 valence electrons. The van der Waals surface area contributed by atoms with E-state index in [0.717, 1.165) is 0 Å². The minimum absolute atomic E-state index is 0.318. The van der Waals surface area contributed by atoms with Gasteiger partial charge in [0.2, 0.25) is 0 Å². The highest BCUT2D eigenvalue weighted by Crippen LogP contribution is 2.19. The Morgan fingerprint density at radius 3 is 2.60 bits per heavy atom. The summed E-state index contributed by atoms with van der Waals surface area (Å²) in [5.41, 5.74) is 0. The molecular weight excluding hydrogens is 140 g/mol. The molecular formula is C6H11F2NO. The second kappa shape index (κ2) is 2.80. The lowest BCUT2D eigenvalue weighted by Crippen LogP contribution is -2.48. The molecule has 1 saturated heterocycles. The zero-order valence-corrected chi connectivity index (χ0v) is 5.80. The summed E-state index contributed by atoms with van der Waals surface area (Å²) in [5, 5.41) is 8.82. The van der Waals surface area contributed by atoms with E-state index in [1.807, 2.05) is 0 Å². The Morgan fingerprint density at radius 1 is 1.50 bits per heavy atom. The third-order valence-corrected chi connectivity index (χ3v) is 1.83. The van der Waals surface area contributed by atoms with Gasteiger partial charge in [0.15, 0.2) is 12.5 Å². The fourth-order valence-corrected chi connectivity index (χ4v) is 1.04. The number of piperidine rings is 1. The number of likely N-dealkylation sites (tertiary alicyclic amines) is 1. The van der Waals surface area contributed by atoms with Gasteiger partial charge in [-0.05, 0) is 13.5 Å². The summed E-state index contributed by atoms with van der Waals surface area (Å²) in [7, 11) is 1.50. The Hall–Kier alpha value is -0.220. The molecule has 3 unspecified atom stereocenters. The van der Waals surface area contributed by atoms with Crippen molar-refractivity contribution in [3.63, 3.8) is 0 Å². The normalized spacial score (nSPS) is 43.8. The summed E-state index contributed by atoms with van der Waals surface area (Å²) >= 11 is 0. The number of nitrogens with zero attached hydrogens (tertiary/aromatic N) is 1. The van der Waals surface area contributed by atoms with Crippen molar-refractivity contribution in [2.75, 3.05) is 13.6 Å². The van der Waals surface area contributed by atoms with Crippen LogP contribution in [0.4, 0.5) is 8.78 Å². The van der Waals surface area contributed by atoms with E-state index in [1.165, 1.54) is 11.9 Å². The number of aliphatic hydroxyl groups is 1. The van der Waals surface area contributed by atoms with Gasteiger partial charge in [-0.3, -0.25) is 4.90 Å². The van der Waals surface area contributed by atoms with Crippen LogP contribution in [0.5, 0.6) is 0 Å². The summed E-state index contributed by atoms with van der Waals surface area (Å²) in [5.74, 6) is 0. The van der Waals surface area contributed by atoms with Crippen LogP contribution in [0.3, 0.4) is 0 Å². The third kappa shape index (κ3) is 1.27. The van der Waals surface area contributed by atoms with E-state index in [-0.39, 0.29) is 0 Å². The fourth-order valence-electron chi connectivity index (χ4n) is 1.04. The Bertz CT molecular complexity index is 108. The lowest BCUT2D eigenvalue weighted by molar-refractivity contribution is -0.0751. The Kier molecular flexibility index (Phi) is 2.21. The Balaban J connectivity index is 2.52. The molecule has 0 saturated carbocycles. The smallest absolute Gasteiger partial charge is 0.187 e. The third-order valence-electron chi connectivity index (χ3n) is 1.83. The van der Waals surface area contributed by atoms with Gasteiger partial charge in [0.25, 0.3) is 0 Å². The second-order valence-corrected chi connectivity index (χ2v) is 2.65. The van der Waals surface area contributed by atoms with Crippen LogP contribution in [0.25, 0.3) is 0 Å². The maximum absolute atomic E-state index is 12.6. The second-order valence-electron chi connectivity index (χ2n) is 2.65. The zero-order chi connectivity index (χ0) is 7.72. The molecule has 0 radical (unpaired) electrons. The van der Waals surface area contributed by atoms with Crippen LogP contribution >= 0.6 is 0 Å². The molecule has 0 aromatic rings. The predicted molar refractivity (Wildman–Crippen MR) is 33.0 cm³/mol. The maximum Gasteiger partial charge on any atom is 0.187 e. The van der Waals surface area contributed by atoms with Crippen LogP contribution in [-0.2, 0) is 0 Å². The van der Waals surface area contributed by atoms with Crippen molar-refractivity contribution in [3.05, 3.63) is 0 Å². The van der Waals surface area contributed by atoms with Crippen molar-refractivity contribution < 1.29 is 13.9 Å². The molecule has 0 aliphatic carbocycles. The molecule has 4 heteroatoms. The molecule has 0 amide bonds. The average molecular weight is 151 g/mol. The molecule has 1 N–H and O–H groups in total. The number of halogens is 2. The van der Waals surface area contributed by atoms with E-state index in [4.69, 9.17) is 5.11 Å². The van der Waals surface area contributed by atoms with Gasteiger partial charge in [-0.25, -0.2) is 8.78 Å². The van der Waals surface area contributed by atoms with Crippen LogP contribution < -0.4 is 0 Å². The molecule has 1 heterocycles. The lowest BCUT2D eigenvalue weighted by Gasteiger charge is -2.32. The molecule has 0 aromatic carbocycles. The molecule has 0 bridgehead atoms. The van der Waals surface area contributed by atoms with E-state index < -0.39 is 18.6 Å². The SMILES string of the molecule is CN1CCC(O)C(F)C1F. The molecule has 0 spiro atoms. The number of alkyl halides is 2. The van der Waals surface area contributed by atoms with Crippen molar-refractivity contribution in [3.8, 4) is 0 Å². The van der Waals surface area contributed by atoms with Crippen molar-refractivity contribution in [1.82, 2.24) is 4.90 Å². The molecule has 1 aliphatic rings. The maximum atomic E-state index is 12.6. The Morgan fingerprint density at radius 2 is 2.10 bits per heavy atom. The van der Waals surface area contributed by atoms with Crippen LogP contribution in [0.15, 0.2) is 0 Å². The molecule has 2 nitrogen and oxygen atoms in total. The van der Waals surface area contributed by atoms with Gasteiger partial charge in [0.1, 0.15) is 0 Å². The van der Waals surface area contributed by atoms with E-state index in [0.29, 0.717) is 13.0 Å².